The number of nitriles is 1. The van der Waals surface area contributed by atoms with Crippen molar-refractivity contribution >= 4 is 23.2 Å². The first-order valence-corrected chi connectivity index (χ1v) is 8.27. The Morgan fingerprint density at radius 2 is 1.89 bits per heavy atom. The maximum Gasteiger partial charge on any atom is 0.251 e. The zero-order valence-corrected chi connectivity index (χ0v) is 14.4. The molecule has 1 aromatic carbocycles. The van der Waals surface area contributed by atoms with Crippen LogP contribution in [0.25, 0.3) is 0 Å². The lowest BCUT2D eigenvalue weighted by atomic mass is 10.1. The van der Waals surface area contributed by atoms with Crippen molar-refractivity contribution in [3.63, 3.8) is 0 Å². The van der Waals surface area contributed by atoms with Crippen molar-refractivity contribution in [2.75, 3.05) is 23.7 Å². The first-order chi connectivity index (χ1) is 13.2. The van der Waals surface area contributed by atoms with Gasteiger partial charge in [0.05, 0.1) is 23.5 Å². The average Bonchev–Trinajstić information content (AvgIpc) is 2.73. The van der Waals surface area contributed by atoms with Crippen LogP contribution in [-0.4, -0.2) is 34.2 Å². The van der Waals surface area contributed by atoms with Gasteiger partial charge in [-0.05, 0) is 42.5 Å². The topological polar surface area (TPSA) is 116 Å². The Labute approximate surface area is 156 Å². The number of carbonyl (C=O) groups excluding carboxylic acids is 1. The normalized spacial score (nSPS) is 9.89. The Bertz CT molecular complexity index is 936. The second kappa shape index (κ2) is 8.92. The molecule has 2 aromatic heterocycles. The summed E-state index contributed by atoms with van der Waals surface area (Å²) < 4.78 is 0. The van der Waals surface area contributed by atoms with Crippen LogP contribution in [0.1, 0.15) is 15.9 Å². The number of hydrogen-bond acceptors (Lipinski definition) is 7. The number of anilines is 3. The van der Waals surface area contributed by atoms with E-state index in [1.807, 2.05) is 18.2 Å². The fourth-order valence-corrected chi connectivity index (χ4v) is 2.28. The molecule has 0 fully saturated rings. The fraction of sp³-hybridized carbons (Fsp3) is 0.105. The monoisotopic (exact) mass is 359 g/mol. The van der Waals surface area contributed by atoms with Gasteiger partial charge in [-0.15, -0.1) is 10.2 Å². The van der Waals surface area contributed by atoms with Gasteiger partial charge >= 0.3 is 0 Å². The second-order valence-corrected chi connectivity index (χ2v) is 5.55. The molecule has 0 bridgehead atoms. The molecule has 0 aliphatic rings. The van der Waals surface area contributed by atoms with E-state index in [1.165, 1.54) is 0 Å². The maximum atomic E-state index is 12.1. The summed E-state index contributed by atoms with van der Waals surface area (Å²) in [7, 11) is 0. The fourth-order valence-electron chi connectivity index (χ4n) is 2.28. The van der Waals surface area contributed by atoms with Crippen LogP contribution in [0, 0.1) is 11.3 Å². The lowest BCUT2D eigenvalue weighted by Gasteiger charge is -2.08. The zero-order valence-electron chi connectivity index (χ0n) is 14.4. The predicted octanol–water partition coefficient (Wildman–Crippen LogP) is 2.33. The third kappa shape index (κ3) is 5.24. The highest BCUT2D eigenvalue weighted by Crippen LogP contribution is 2.12. The summed E-state index contributed by atoms with van der Waals surface area (Å²) >= 11 is 0. The molecule has 0 atom stereocenters. The van der Waals surface area contributed by atoms with E-state index < -0.39 is 0 Å². The van der Waals surface area contributed by atoms with Gasteiger partial charge in [-0.25, -0.2) is 0 Å². The van der Waals surface area contributed by atoms with Gasteiger partial charge in [0.1, 0.15) is 5.82 Å². The van der Waals surface area contributed by atoms with Crippen LogP contribution in [0.5, 0.6) is 0 Å². The number of amides is 1. The van der Waals surface area contributed by atoms with E-state index in [0.717, 1.165) is 5.69 Å². The van der Waals surface area contributed by atoms with Gasteiger partial charge in [-0.2, -0.15) is 5.26 Å². The predicted molar refractivity (Wildman–Crippen MR) is 102 cm³/mol. The van der Waals surface area contributed by atoms with E-state index in [2.05, 4.69) is 31.1 Å². The Morgan fingerprint density at radius 3 is 2.63 bits per heavy atom. The highest BCUT2D eigenvalue weighted by molar-refractivity contribution is 5.94. The molecule has 8 heteroatoms. The van der Waals surface area contributed by atoms with E-state index in [1.54, 1.807) is 48.8 Å². The molecule has 0 unspecified atom stereocenters. The van der Waals surface area contributed by atoms with Gasteiger partial charge in [0.2, 0.25) is 0 Å². The molecule has 0 spiro atoms. The van der Waals surface area contributed by atoms with Crippen LogP contribution in [-0.2, 0) is 0 Å². The van der Waals surface area contributed by atoms with Crippen LogP contribution < -0.4 is 16.0 Å². The highest BCUT2D eigenvalue weighted by atomic mass is 16.1. The van der Waals surface area contributed by atoms with Crippen molar-refractivity contribution in [3.05, 3.63) is 72.1 Å². The maximum absolute atomic E-state index is 12.1. The SMILES string of the molecule is N#Cc1cccc(C(=O)NCCNc2ccc(Nc3cccnc3)nn2)c1. The molecule has 3 N–H and O–H groups in total. The van der Waals surface area contributed by atoms with Crippen LogP contribution in [0.3, 0.4) is 0 Å². The molecule has 1 amide bonds. The molecular formula is C19H17N7O. The third-order valence-electron chi connectivity index (χ3n) is 3.57. The Kier molecular flexibility index (Phi) is 5.89. The summed E-state index contributed by atoms with van der Waals surface area (Å²) in [5.74, 6) is 0.989. The lowest BCUT2D eigenvalue weighted by molar-refractivity contribution is 0.0955. The Balaban J connectivity index is 1.44. The minimum Gasteiger partial charge on any atom is -0.367 e. The minimum absolute atomic E-state index is 0.226. The average molecular weight is 359 g/mol. The molecule has 0 saturated carbocycles. The van der Waals surface area contributed by atoms with E-state index in [0.29, 0.717) is 35.9 Å². The largest absolute Gasteiger partial charge is 0.367 e. The summed E-state index contributed by atoms with van der Waals surface area (Å²) in [6, 6.07) is 15.9. The Hall–Kier alpha value is -3.99. The summed E-state index contributed by atoms with van der Waals surface area (Å²) in [5, 5.41) is 26.0. The number of benzene rings is 1. The molecule has 0 aliphatic heterocycles. The standard InChI is InChI=1S/C19H17N7O/c20-12-14-3-1-4-15(11-14)19(27)23-10-9-22-17-6-7-18(26-25-17)24-16-5-2-8-21-13-16/h1-8,11,13H,9-10H2,(H,22,25)(H,23,27)(H,24,26). The van der Waals surface area contributed by atoms with Crippen LogP contribution in [0.4, 0.5) is 17.3 Å². The molecule has 0 saturated heterocycles. The molecule has 3 rings (SSSR count). The first-order valence-electron chi connectivity index (χ1n) is 8.27. The second-order valence-electron chi connectivity index (χ2n) is 5.55. The molecule has 0 aliphatic carbocycles. The van der Waals surface area contributed by atoms with Crippen molar-refractivity contribution in [1.82, 2.24) is 20.5 Å². The number of carbonyl (C=O) groups is 1. The van der Waals surface area contributed by atoms with E-state index in [9.17, 15) is 4.79 Å². The third-order valence-corrected chi connectivity index (χ3v) is 3.57. The zero-order chi connectivity index (χ0) is 18.9. The molecule has 2 heterocycles. The number of rotatable bonds is 7. The van der Waals surface area contributed by atoms with E-state index >= 15 is 0 Å². The summed E-state index contributed by atoms with van der Waals surface area (Å²) in [6.45, 7) is 0.903. The van der Waals surface area contributed by atoms with Crippen LogP contribution in [0.15, 0.2) is 60.9 Å². The summed E-state index contributed by atoms with van der Waals surface area (Å²) in [5.41, 5.74) is 1.74. The molecular weight excluding hydrogens is 342 g/mol. The van der Waals surface area contributed by atoms with Crippen molar-refractivity contribution in [2.24, 2.45) is 0 Å². The van der Waals surface area contributed by atoms with Gasteiger partial charge in [0.25, 0.3) is 5.91 Å². The molecule has 3 aromatic rings. The molecule has 8 nitrogen and oxygen atoms in total. The highest BCUT2D eigenvalue weighted by Gasteiger charge is 2.05. The smallest absolute Gasteiger partial charge is 0.251 e. The van der Waals surface area contributed by atoms with Crippen LogP contribution in [0.2, 0.25) is 0 Å². The quantitative estimate of drug-likeness (QED) is 0.554. The molecule has 134 valence electrons. The number of pyridine rings is 1. The van der Waals surface area contributed by atoms with E-state index in [4.69, 9.17) is 5.26 Å². The van der Waals surface area contributed by atoms with Crippen molar-refractivity contribution in [3.8, 4) is 6.07 Å². The van der Waals surface area contributed by atoms with Gasteiger partial charge in [0.15, 0.2) is 5.82 Å². The number of nitrogens with one attached hydrogen (secondary N) is 3. The number of hydrogen-bond donors (Lipinski definition) is 3. The lowest BCUT2D eigenvalue weighted by Crippen LogP contribution is -2.28. The summed E-state index contributed by atoms with van der Waals surface area (Å²) in [6.07, 6.45) is 3.39. The van der Waals surface area contributed by atoms with Crippen molar-refractivity contribution in [1.29, 1.82) is 5.26 Å². The van der Waals surface area contributed by atoms with Gasteiger partial charge in [-0.1, -0.05) is 6.07 Å². The van der Waals surface area contributed by atoms with E-state index in [-0.39, 0.29) is 5.91 Å². The Morgan fingerprint density at radius 1 is 1.04 bits per heavy atom. The summed E-state index contributed by atoms with van der Waals surface area (Å²) in [4.78, 5) is 16.1. The number of nitrogens with zero attached hydrogens (tertiary/aromatic N) is 4. The van der Waals surface area contributed by atoms with Gasteiger partial charge < -0.3 is 16.0 Å². The van der Waals surface area contributed by atoms with Crippen molar-refractivity contribution in [2.45, 2.75) is 0 Å². The van der Waals surface area contributed by atoms with Crippen molar-refractivity contribution < 1.29 is 4.79 Å². The van der Waals surface area contributed by atoms with Gasteiger partial charge in [0, 0.05) is 24.8 Å². The van der Waals surface area contributed by atoms with Gasteiger partial charge in [-0.3, -0.25) is 9.78 Å². The van der Waals surface area contributed by atoms with Crippen LogP contribution >= 0.6 is 0 Å². The minimum atomic E-state index is -0.226. The number of aromatic nitrogens is 3. The molecule has 27 heavy (non-hydrogen) atoms. The molecule has 0 radical (unpaired) electrons. The first kappa shape index (κ1) is 17.8.